The van der Waals surface area contributed by atoms with Crippen LogP contribution in [0.2, 0.25) is 0 Å². The van der Waals surface area contributed by atoms with Gasteiger partial charge in [-0.25, -0.2) is 9.37 Å². The van der Waals surface area contributed by atoms with Gasteiger partial charge in [0, 0.05) is 37.1 Å². The topological polar surface area (TPSA) is 113 Å². The zero-order chi connectivity index (χ0) is 24.4. The molecule has 1 aromatic carbocycles. The third kappa shape index (κ3) is 4.69. The molecule has 0 bridgehead atoms. The summed E-state index contributed by atoms with van der Waals surface area (Å²) in [6.45, 7) is 3.34. The van der Waals surface area contributed by atoms with E-state index in [-0.39, 0.29) is 23.1 Å². The largest absolute Gasteiger partial charge is 0.490 e. The van der Waals surface area contributed by atoms with Crippen LogP contribution in [0, 0.1) is 11.6 Å². The number of nitrogens with two attached hydrogens (primary N) is 1. The van der Waals surface area contributed by atoms with Gasteiger partial charge in [-0.15, -0.1) is 5.10 Å². The van der Waals surface area contributed by atoms with E-state index in [1.165, 1.54) is 25.0 Å². The molecular weight excluding hydrogens is 456 g/mol. The third-order valence-corrected chi connectivity index (χ3v) is 6.00. The molecule has 12 heteroatoms. The number of hydrogen-bond acceptors (Lipinski definition) is 8. The molecule has 0 aliphatic carbocycles. The second kappa shape index (κ2) is 9.74. The van der Waals surface area contributed by atoms with Gasteiger partial charge >= 0.3 is 0 Å². The van der Waals surface area contributed by atoms with Gasteiger partial charge in [-0.3, -0.25) is 4.68 Å². The number of hydrogen-bond donors (Lipinski definition) is 1. The number of pyridine rings is 1. The van der Waals surface area contributed by atoms with Crippen LogP contribution < -0.4 is 10.5 Å². The van der Waals surface area contributed by atoms with Gasteiger partial charge in [0.25, 0.3) is 0 Å². The van der Waals surface area contributed by atoms with Gasteiger partial charge in [-0.05, 0) is 61.0 Å². The van der Waals surface area contributed by atoms with Crippen LogP contribution in [0.4, 0.5) is 14.6 Å². The van der Waals surface area contributed by atoms with E-state index in [0.717, 1.165) is 41.9 Å². The van der Waals surface area contributed by atoms with Crippen LogP contribution in [-0.2, 0) is 7.05 Å². The summed E-state index contributed by atoms with van der Waals surface area (Å²) >= 11 is 0. The number of ether oxygens (including phenoxy) is 1. The number of halogens is 2. The maximum atomic E-state index is 15.1. The lowest BCUT2D eigenvalue weighted by Crippen LogP contribution is -2.22. The van der Waals surface area contributed by atoms with E-state index < -0.39 is 11.6 Å². The van der Waals surface area contributed by atoms with Crippen molar-refractivity contribution >= 4 is 5.82 Å². The van der Waals surface area contributed by atoms with E-state index in [4.69, 9.17) is 10.5 Å². The second-order valence-corrected chi connectivity index (χ2v) is 8.44. The van der Waals surface area contributed by atoms with Gasteiger partial charge < -0.3 is 15.4 Å². The highest BCUT2D eigenvalue weighted by Gasteiger charge is 2.22. The molecule has 4 heterocycles. The average Bonchev–Trinajstić information content (AvgIpc) is 3.62. The molecule has 1 aliphatic heterocycles. The number of nitrogens with zero attached hydrogens (tertiary/aromatic N) is 8. The normalized spacial score (nSPS) is 14.0. The van der Waals surface area contributed by atoms with Crippen LogP contribution in [0.1, 0.15) is 19.3 Å². The lowest BCUT2D eigenvalue weighted by molar-refractivity contribution is 0.253. The van der Waals surface area contributed by atoms with E-state index >= 15 is 4.39 Å². The number of likely N-dealkylation sites (tertiary alicyclic amines) is 1. The maximum absolute atomic E-state index is 15.1. The lowest BCUT2D eigenvalue weighted by Gasteiger charge is -2.15. The number of aryl methyl sites for hydroxylation is 1. The summed E-state index contributed by atoms with van der Waals surface area (Å²) < 4.78 is 38.2. The molecule has 182 valence electrons. The number of anilines is 1. The molecule has 0 spiro atoms. The Kier molecular flexibility index (Phi) is 6.36. The van der Waals surface area contributed by atoms with Crippen molar-refractivity contribution in [3.8, 4) is 34.0 Å². The Morgan fingerprint density at radius 3 is 2.69 bits per heavy atom. The minimum Gasteiger partial charge on any atom is -0.490 e. The molecule has 2 N–H and O–H groups in total. The Balaban J connectivity index is 1.38. The highest BCUT2D eigenvalue weighted by molar-refractivity contribution is 5.76. The SMILES string of the molecule is Cn1cc(-c2cnc(N)c(-c3nnnn3-c3ccc(OCCCN4CCCC4)c(F)c3F)c2)cn1. The first-order chi connectivity index (χ1) is 17.0. The fourth-order valence-corrected chi connectivity index (χ4v) is 4.17. The van der Waals surface area contributed by atoms with Crippen LogP contribution in [0.5, 0.6) is 5.75 Å². The van der Waals surface area contributed by atoms with E-state index in [1.54, 1.807) is 30.2 Å². The zero-order valence-corrected chi connectivity index (χ0v) is 19.2. The smallest absolute Gasteiger partial charge is 0.202 e. The summed E-state index contributed by atoms with van der Waals surface area (Å²) in [6, 6.07) is 4.49. The Labute approximate surface area is 200 Å². The van der Waals surface area contributed by atoms with Crippen LogP contribution in [0.3, 0.4) is 0 Å². The van der Waals surface area contributed by atoms with Crippen molar-refractivity contribution in [2.45, 2.75) is 19.3 Å². The summed E-state index contributed by atoms with van der Waals surface area (Å²) in [5.41, 5.74) is 7.82. The van der Waals surface area contributed by atoms with Gasteiger partial charge in [0.2, 0.25) is 5.82 Å². The van der Waals surface area contributed by atoms with Crippen LogP contribution >= 0.6 is 0 Å². The molecule has 3 aromatic heterocycles. The molecule has 0 saturated carbocycles. The van der Waals surface area contributed by atoms with Gasteiger partial charge in [-0.1, -0.05) is 0 Å². The van der Waals surface area contributed by atoms with E-state index in [9.17, 15) is 4.39 Å². The predicted molar refractivity (Wildman–Crippen MR) is 125 cm³/mol. The molecule has 0 unspecified atom stereocenters. The van der Waals surface area contributed by atoms with Gasteiger partial charge in [0.1, 0.15) is 11.5 Å². The van der Waals surface area contributed by atoms with Crippen molar-refractivity contribution < 1.29 is 13.5 Å². The average molecular weight is 482 g/mol. The van der Waals surface area contributed by atoms with Crippen molar-refractivity contribution in [3.05, 3.63) is 48.4 Å². The van der Waals surface area contributed by atoms with Crippen molar-refractivity contribution in [2.75, 3.05) is 32.0 Å². The molecule has 1 aliphatic rings. The first-order valence-electron chi connectivity index (χ1n) is 11.4. The van der Waals surface area contributed by atoms with E-state index in [0.29, 0.717) is 12.2 Å². The molecule has 0 atom stereocenters. The summed E-state index contributed by atoms with van der Waals surface area (Å²) in [4.78, 5) is 6.56. The van der Waals surface area contributed by atoms with Crippen molar-refractivity contribution in [2.24, 2.45) is 7.05 Å². The second-order valence-electron chi connectivity index (χ2n) is 8.44. The van der Waals surface area contributed by atoms with E-state index in [1.807, 2.05) is 6.20 Å². The minimum atomic E-state index is -1.12. The van der Waals surface area contributed by atoms with Crippen molar-refractivity contribution in [3.63, 3.8) is 0 Å². The van der Waals surface area contributed by atoms with Crippen molar-refractivity contribution in [1.29, 1.82) is 0 Å². The summed E-state index contributed by atoms with van der Waals surface area (Å²) in [7, 11) is 1.80. The van der Waals surface area contributed by atoms with Gasteiger partial charge in [0.05, 0.1) is 18.4 Å². The van der Waals surface area contributed by atoms with Crippen molar-refractivity contribution in [1.82, 2.24) is 39.9 Å². The number of aromatic nitrogens is 7. The minimum absolute atomic E-state index is 0.123. The molecule has 35 heavy (non-hydrogen) atoms. The standard InChI is InChI=1S/C23H25F2N9O/c1-32-14-16(13-28-32)15-11-17(22(26)27-12-15)23-29-30-31-34(23)18-5-6-19(21(25)20(18)24)35-10-4-9-33-7-2-3-8-33/h5-6,11-14H,2-4,7-10H2,1H3,(H2,26,27). The third-order valence-electron chi connectivity index (χ3n) is 6.00. The molecule has 1 saturated heterocycles. The number of tetrazole rings is 1. The highest BCUT2D eigenvalue weighted by Crippen LogP contribution is 2.31. The fraction of sp³-hybridized carbons (Fsp3) is 0.348. The maximum Gasteiger partial charge on any atom is 0.202 e. The Bertz CT molecular complexity index is 1330. The molecule has 0 radical (unpaired) electrons. The highest BCUT2D eigenvalue weighted by atomic mass is 19.2. The van der Waals surface area contributed by atoms with Crippen LogP contribution in [0.15, 0.2) is 36.8 Å². The van der Waals surface area contributed by atoms with Crippen LogP contribution in [-0.4, -0.2) is 66.1 Å². The molecular formula is C23H25F2N9O. The Morgan fingerprint density at radius 2 is 1.91 bits per heavy atom. The molecule has 0 amide bonds. The Morgan fingerprint density at radius 1 is 1.09 bits per heavy atom. The number of nitrogen functional groups attached to an aromatic ring is 1. The fourth-order valence-electron chi connectivity index (χ4n) is 4.17. The molecule has 10 nitrogen and oxygen atoms in total. The Hall–Kier alpha value is -3.93. The predicted octanol–water partition coefficient (Wildman–Crippen LogP) is 2.85. The monoisotopic (exact) mass is 481 g/mol. The summed E-state index contributed by atoms with van der Waals surface area (Å²) in [6.07, 6.45) is 8.24. The van der Waals surface area contributed by atoms with Gasteiger partial charge in [-0.2, -0.15) is 14.2 Å². The quantitative estimate of drug-likeness (QED) is 0.382. The first-order valence-corrected chi connectivity index (χ1v) is 11.4. The molecule has 4 aromatic rings. The molecule has 5 rings (SSSR count). The number of rotatable bonds is 8. The van der Waals surface area contributed by atoms with E-state index in [2.05, 4.69) is 30.5 Å². The summed E-state index contributed by atoms with van der Waals surface area (Å²) in [5.74, 6) is -2.10. The first kappa shape index (κ1) is 22.8. The van der Waals surface area contributed by atoms with Crippen LogP contribution in [0.25, 0.3) is 28.2 Å². The lowest BCUT2D eigenvalue weighted by atomic mass is 10.1. The van der Waals surface area contributed by atoms with Gasteiger partial charge in [0.15, 0.2) is 17.4 Å². The molecule has 1 fully saturated rings. The zero-order valence-electron chi connectivity index (χ0n) is 19.2. The summed E-state index contributed by atoms with van der Waals surface area (Å²) in [5, 5.41) is 15.7. The number of benzene rings is 1.